The number of hydrogen-bond donors (Lipinski definition) is 0. The molecule has 406 valence electrons. The fourth-order valence-electron chi connectivity index (χ4n) is 15.7. The molecule has 0 unspecified atom stereocenters. The Kier molecular flexibility index (Phi) is 9.31. The molecule has 19 aromatic rings. The van der Waals surface area contributed by atoms with E-state index < -0.39 is 0 Å². The normalized spacial score (nSPS) is 13.0. The summed E-state index contributed by atoms with van der Waals surface area (Å²) in [6.07, 6.45) is 0. The molecule has 0 aliphatic carbocycles. The highest BCUT2D eigenvalue weighted by Crippen LogP contribution is 2.54. The maximum atomic E-state index is 2.68. The molecule has 0 radical (unpaired) electrons. The van der Waals surface area contributed by atoms with Gasteiger partial charge in [0.15, 0.2) is 0 Å². The molecule has 4 nitrogen and oxygen atoms in total. The zero-order chi connectivity index (χ0) is 57.2. The van der Waals surface area contributed by atoms with Gasteiger partial charge in [0.05, 0.1) is 55.2 Å². The number of fused-ring (bicyclic) bond motifs is 23. The van der Waals surface area contributed by atoms with Gasteiger partial charge in [-0.05, 0) is 164 Å². The second-order valence-electron chi connectivity index (χ2n) is 26.4. The Morgan fingerprint density at radius 1 is 0.244 bits per heavy atom. The fourth-order valence-corrected chi connectivity index (χ4v) is 15.7. The maximum Gasteiger partial charge on any atom is 0.0627 e. The van der Waals surface area contributed by atoms with Crippen LogP contribution in [0.25, 0.3) is 175 Å². The molecule has 6 heterocycles. The SMILES string of the molecule is CC(C)(C)c1cc(-c2ccc3c(c2)c2ccccc2n3-c2ccccc2)c2c(c1)c1cc(C(C)(C)C)cc3c4c5c6cc7ccccc7c7c8c9ccccc9cc(-c9ccc%10c(c9)c9ccccc9n%10-c9ccccc9)c8n(c5ccc4n2c13)c67. The van der Waals surface area contributed by atoms with E-state index in [-0.39, 0.29) is 10.8 Å². The first-order valence-corrected chi connectivity index (χ1v) is 30.4. The van der Waals surface area contributed by atoms with Crippen LogP contribution in [0.4, 0.5) is 0 Å². The van der Waals surface area contributed by atoms with E-state index in [1.54, 1.807) is 0 Å². The van der Waals surface area contributed by atoms with Gasteiger partial charge in [-0.2, -0.15) is 0 Å². The first kappa shape index (κ1) is 48.0. The zero-order valence-electron chi connectivity index (χ0n) is 48.9. The van der Waals surface area contributed by atoms with Crippen molar-refractivity contribution in [1.82, 2.24) is 17.9 Å². The van der Waals surface area contributed by atoms with Gasteiger partial charge in [-0.25, -0.2) is 0 Å². The van der Waals surface area contributed by atoms with Gasteiger partial charge < -0.3 is 17.9 Å². The Balaban J connectivity index is 0.968. The minimum absolute atomic E-state index is 0.104. The maximum absolute atomic E-state index is 2.68. The number of hydrogen-bond acceptors (Lipinski definition) is 0. The van der Waals surface area contributed by atoms with E-state index in [0.29, 0.717) is 0 Å². The summed E-state index contributed by atoms with van der Waals surface area (Å²) in [4.78, 5) is 0. The molecular formula is C82H58N4. The van der Waals surface area contributed by atoms with E-state index in [0.717, 1.165) is 5.69 Å². The molecular weight excluding hydrogens is 1040 g/mol. The van der Waals surface area contributed by atoms with E-state index >= 15 is 0 Å². The summed E-state index contributed by atoms with van der Waals surface area (Å²) in [6, 6.07) is 92.2. The predicted molar refractivity (Wildman–Crippen MR) is 368 cm³/mol. The molecule has 0 aliphatic rings. The van der Waals surface area contributed by atoms with Gasteiger partial charge in [-0.15, -0.1) is 0 Å². The molecule has 19 rings (SSSR count). The molecule has 0 spiro atoms. The standard InChI is InChI=1S/C82H58N4/c1-81(2,3)51-43-60(50-34-36-70-62(41-50)58-30-18-20-32-68(58)84(70)54-25-11-8-12-26-54)77-63(44-51)64-45-52(82(4,5)6)46-66-74-71(85(77)78(64)66)37-38-72-73(74)65-42-48-22-14-16-28-56(48)76-75-55-27-15-13-21-47(55)39-59(79(75)86(72)80(65)76)49-33-35-69-61(40-49)57-29-17-19-31-67(57)83(69)53-23-9-7-10-24-53/h7-46H,1-6H3. The molecule has 0 bridgehead atoms. The quantitative estimate of drug-likeness (QED) is 0.167. The van der Waals surface area contributed by atoms with E-state index in [4.69, 9.17) is 0 Å². The molecule has 0 amide bonds. The number of rotatable bonds is 4. The highest BCUT2D eigenvalue weighted by molar-refractivity contribution is 6.41. The van der Waals surface area contributed by atoms with Crippen LogP contribution >= 0.6 is 0 Å². The molecule has 13 aromatic carbocycles. The van der Waals surface area contributed by atoms with Crippen molar-refractivity contribution >= 4 is 141 Å². The van der Waals surface area contributed by atoms with Crippen LogP contribution in [-0.4, -0.2) is 17.9 Å². The Hall–Kier alpha value is -10.4. The second kappa shape index (κ2) is 16.7. The molecule has 0 saturated carbocycles. The largest absolute Gasteiger partial charge is 0.309 e. The summed E-state index contributed by atoms with van der Waals surface area (Å²) in [6.45, 7) is 14.2. The third-order valence-electron chi connectivity index (χ3n) is 19.6. The Morgan fingerprint density at radius 2 is 0.640 bits per heavy atom. The van der Waals surface area contributed by atoms with Gasteiger partial charge in [-0.1, -0.05) is 175 Å². The van der Waals surface area contributed by atoms with Crippen molar-refractivity contribution in [3.05, 3.63) is 254 Å². The van der Waals surface area contributed by atoms with Gasteiger partial charge in [0.1, 0.15) is 0 Å². The summed E-state index contributed by atoms with van der Waals surface area (Å²) < 4.78 is 10.2. The van der Waals surface area contributed by atoms with Gasteiger partial charge >= 0.3 is 0 Å². The molecule has 86 heavy (non-hydrogen) atoms. The molecule has 4 heteroatoms. The van der Waals surface area contributed by atoms with Crippen LogP contribution in [0.2, 0.25) is 0 Å². The smallest absolute Gasteiger partial charge is 0.0627 e. The van der Waals surface area contributed by atoms with Crippen LogP contribution in [-0.2, 0) is 10.8 Å². The summed E-state index contributed by atoms with van der Waals surface area (Å²) in [5.41, 5.74) is 22.1. The van der Waals surface area contributed by atoms with Crippen molar-refractivity contribution in [2.24, 2.45) is 0 Å². The van der Waals surface area contributed by atoms with Gasteiger partial charge in [-0.3, -0.25) is 0 Å². The van der Waals surface area contributed by atoms with E-state index in [1.807, 2.05) is 0 Å². The average Bonchev–Trinajstić information content (AvgIpc) is 1.51. The van der Waals surface area contributed by atoms with Crippen molar-refractivity contribution in [1.29, 1.82) is 0 Å². The lowest BCUT2D eigenvalue weighted by Crippen LogP contribution is -2.11. The Bertz CT molecular complexity index is 6130. The minimum Gasteiger partial charge on any atom is -0.309 e. The predicted octanol–water partition coefficient (Wildman–Crippen LogP) is 22.4. The van der Waals surface area contributed by atoms with Crippen molar-refractivity contribution in [2.75, 3.05) is 0 Å². The third kappa shape index (κ3) is 6.27. The van der Waals surface area contributed by atoms with Crippen molar-refractivity contribution < 1.29 is 0 Å². The molecule has 6 aromatic heterocycles. The lowest BCUT2D eigenvalue weighted by atomic mass is 9.83. The average molecular weight is 1100 g/mol. The van der Waals surface area contributed by atoms with Crippen molar-refractivity contribution in [3.8, 4) is 33.6 Å². The van der Waals surface area contributed by atoms with Crippen LogP contribution in [0.1, 0.15) is 52.7 Å². The molecule has 0 fully saturated rings. The third-order valence-corrected chi connectivity index (χ3v) is 19.6. The summed E-state index contributed by atoms with van der Waals surface area (Å²) in [5.74, 6) is 0. The van der Waals surface area contributed by atoms with Crippen LogP contribution < -0.4 is 0 Å². The summed E-state index contributed by atoms with van der Waals surface area (Å²) in [7, 11) is 0. The van der Waals surface area contributed by atoms with Crippen LogP contribution in [0.15, 0.2) is 243 Å². The fraction of sp³-hybridized carbons (Fsp3) is 0.0976. The zero-order valence-corrected chi connectivity index (χ0v) is 48.9. The number of nitrogens with zero attached hydrogens (tertiary/aromatic N) is 4. The van der Waals surface area contributed by atoms with Crippen molar-refractivity contribution in [3.63, 3.8) is 0 Å². The Labute approximate surface area is 496 Å². The summed E-state index contributed by atoms with van der Waals surface area (Å²) in [5, 5.41) is 20.5. The molecule has 0 N–H and O–H groups in total. The molecule has 0 aliphatic heterocycles. The highest BCUT2D eigenvalue weighted by Gasteiger charge is 2.31. The highest BCUT2D eigenvalue weighted by atomic mass is 15.0. The lowest BCUT2D eigenvalue weighted by Gasteiger charge is -2.22. The van der Waals surface area contributed by atoms with E-state index in [1.165, 1.54) is 180 Å². The number of aromatic nitrogens is 4. The second-order valence-corrected chi connectivity index (χ2v) is 26.4. The first-order chi connectivity index (χ1) is 42.0. The van der Waals surface area contributed by atoms with Crippen LogP contribution in [0.5, 0.6) is 0 Å². The number of para-hydroxylation sites is 4. The van der Waals surface area contributed by atoms with Gasteiger partial charge in [0.2, 0.25) is 0 Å². The van der Waals surface area contributed by atoms with E-state index in [9.17, 15) is 0 Å². The van der Waals surface area contributed by atoms with Crippen molar-refractivity contribution in [2.45, 2.75) is 52.4 Å². The van der Waals surface area contributed by atoms with Crippen LogP contribution in [0.3, 0.4) is 0 Å². The van der Waals surface area contributed by atoms with Crippen LogP contribution in [0, 0.1) is 0 Å². The van der Waals surface area contributed by atoms with E-state index in [2.05, 4.69) is 302 Å². The van der Waals surface area contributed by atoms with Gasteiger partial charge in [0.25, 0.3) is 0 Å². The topological polar surface area (TPSA) is 18.7 Å². The molecule has 0 atom stereocenters. The number of benzene rings is 13. The lowest BCUT2D eigenvalue weighted by molar-refractivity contribution is 0.591. The molecule has 0 saturated heterocycles. The monoisotopic (exact) mass is 1100 g/mol. The summed E-state index contributed by atoms with van der Waals surface area (Å²) >= 11 is 0. The Morgan fingerprint density at radius 3 is 1.19 bits per heavy atom. The van der Waals surface area contributed by atoms with Gasteiger partial charge in [0, 0.05) is 87.1 Å². The first-order valence-electron chi connectivity index (χ1n) is 30.4. The minimum atomic E-state index is -0.121.